The Hall–Kier alpha value is -0.470. The highest BCUT2D eigenvalue weighted by Gasteiger charge is 2.07. The lowest BCUT2D eigenvalue weighted by Gasteiger charge is -2.12. The molecule has 0 aliphatic carbocycles. The van der Waals surface area contributed by atoms with Crippen LogP contribution in [0.15, 0.2) is 29.2 Å². The average Bonchev–Trinajstić information content (AvgIpc) is 2.28. The third-order valence-electron chi connectivity index (χ3n) is 2.76. The van der Waals surface area contributed by atoms with E-state index in [4.69, 9.17) is 0 Å². The lowest BCUT2D eigenvalue weighted by Crippen LogP contribution is -1.98. The molecular weight excluding hydrogens is 216 g/mol. The standard InChI is InChI=1S/C14H22OS/c1-11(2)5-4-6-14(15)12-7-9-13(16-3)10-8-12/h7-11,14-15H,4-6H2,1-3H3. The fraction of sp³-hybridized carbons (Fsp3) is 0.571. The van der Waals surface area contributed by atoms with Crippen molar-refractivity contribution >= 4 is 11.8 Å². The van der Waals surface area contributed by atoms with E-state index in [1.807, 2.05) is 12.1 Å². The lowest BCUT2D eigenvalue weighted by molar-refractivity contribution is 0.162. The van der Waals surface area contributed by atoms with E-state index in [2.05, 4.69) is 32.2 Å². The molecule has 0 saturated carbocycles. The summed E-state index contributed by atoms with van der Waals surface area (Å²) in [4.78, 5) is 1.25. The van der Waals surface area contributed by atoms with Gasteiger partial charge in [0.05, 0.1) is 6.10 Å². The van der Waals surface area contributed by atoms with E-state index in [-0.39, 0.29) is 6.10 Å². The second-order valence-corrected chi connectivity index (χ2v) is 5.49. The molecule has 1 aromatic rings. The zero-order chi connectivity index (χ0) is 12.0. The zero-order valence-corrected chi connectivity index (χ0v) is 11.3. The quantitative estimate of drug-likeness (QED) is 0.747. The van der Waals surface area contributed by atoms with Crippen molar-refractivity contribution in [3.8, 4) is 0 Å². The van der Waals surface area contributed by atoms with E-state index in [1.54, 1.807) is 11.8 Å². The molecule has 0 amide bonds. The summed E-state index contributed by atoms with van der Waals surface area (Å²) in [6.07, 6.45) is 4.93. The molecule has 1 unspecified atom stereocenters. The molecule has 16 heavy (non-hydrogen) atoms. The number of rotatable bonds is 6. The first-order valence-corrected chi connectivity index (χ1v) is 7.18. The van der Waals surface area contributed by atoms with Crippen LogP contribution in [0.4, 0.5) is 0 Å². The molecule has 1 nitrogen and oxygen atoms in total. The van der Waals surface area contributed by atoms with Crippen molar-refractivity contribution in [2.75, 3.05) is 6.26 Å². The number of thioether (sulfide) groups is 1. The molecule has 90 valence electrons. The van der Waals surface area contributed by atoms with E-state index in [9.17, 15) is 5.11 Å². The van der Waals surface area contributed by atoms with Crippen molar-refractivity contribution in [3.63, 3.8) is 0 Å². The smallest absolute Gasteiger partial charge is 0.0790 e. The second kappa shape index (κ2) is 6.97. The van der Waals surface area contributed by atoms with Crippen molar-refractivity contribution in [3.05, 3.63) is 29.8 Å². The molecule has 0 radical (unpaired) electrons. The van der Waals surface area contributed by atoms with Crippen molar-refractivity contribution in [2.24, 2.45) is 5.92 Å². The Bertz CT molecular complexity index is 292. The summed E-state index contributed by atoms with van der Waals surface area (Å²) < 4.78 is 0. The summed E-state index contributed by atoms with van der Waals surface area (Å²) in [5.74, 6) is 0.728. The van der Waals surface area contributed by atoms with Gasteiger partial charge < -0.3 is 5.11 Å². The molecule has 0 spiro atoms. The first-order valence-electron chi connectivity index (χ1n) is 5.95. The van der Waals surface area contributed by atoms with Crippen LogP contribution < -0.4 is 0 Å². The maximum Gasteiger partial charge on any atom is 0.0790 e. The predicted octanol–water partition coefficient (Wildman–Crippen LogP) is 4.27. The fourth-order valence-electron chi connectivity index (χ4n) is 1.71. The van der Waals surface area contributed by atoms with E-state index in [1.165, 1.54) is 11.3 Å². The third-order valence-corrected chi connectivity index (χ3v) is 3.50. The average molecular weight is 238 g/mol. The van der Waals surface area contributed by atoms with Crippen LogP contribution in [0, 0.1) is 5.92 Å². The van der Waals surface area contributed by atoms with Gasteiger partial charge in [-0.05, 0) is 36.3 Å². The van der Waals surface area contributed by atoms with Crippen LogP contribution in [0.5, 0.6) is 0 Å². The molecular formula is C14H22OS. The summed E-state index contributed by atoms with van der Waals surface area (Å²) in [5, 5.41) is 9.99. The molecule has 0 saturated heterocycles. The third kappa shape index (κ3) is 4.58. The van der Waals surface area contributed by atoms with Crippen LogP contribution >= 0.6 is 11.8 Å². The van der Waals surface area contributed by atoms with Gasteiger partial charge in [-0.2, -0.15) is 0 Å². The van der Waals surface area contributed by atoms with Crippen molar-refractivity contribution in [2.45, 2.75) is 44.1 Å². The molecule has 1 aromatic carbocycles. The summed E-state index contributed by atoms with van der Waals surface area (Å²) in [6, 6.07) is 8.22. The summed E-state index contributed by atoms with van der Waals surface area (Å²) in [6.45, 7) is 4.44. The lowest BCUT2D eigenvalue weighted by atomic mass is 10.0. The van der Waals surface area contributed by atoms with Crippen LogP contribution in [-0.4, -0.2) is 11.4 Å². The van der Waals surface area contributed by atoms with Gasteiger partial charge in [-0.1, -0.05) is 38.8 Å². The van der Waals surface area contributed by atoms with Gasteiger partial charge in [0, 0.05) is 4.90 Å². The van der Waals surface area contributed by atoms with Gasteiger partial charge in [-0.25, -0.2) is 0 Å². The highest BCUT2D eigenvalue weighted by Crippen LogP contribution is 2.23. The minimum Gasteiger partial charge on any atom is -0.388 e. The van der Waals surface area contributed by atoms with Crippen molar-refractivity contribution in [1.29, 1.82) is 0 Å². The van der Waals surface area contributed by atoms with E-state index in [0.717, 1.165) is 24.3 Å². The minimum atomic E-state index is -0.297. The Morgan fingerprint density at radius 1 is 1.12 bits per heavy atom. The van der Waals surface area contributed by atoms with Gasteiger partial charge in [0.1, 0.15) is 0 Å². The minimum absolute atomic E-state index is 0.297. The molecule has 0 aliphatic heterocycles. The summed E-state index contributed by atoms with van der Waals surface area (Å²) in [7, 11) is 0. The topological polar surface area (TPSA) is 20.2 Å². The van der Waals surface area contributed by atoms with Crippen LogP contribution in [0.1, 0.15) is 44.8 Å². The predicted molar refractivity (Wildman–Crippen MR) is 71.9 cm³/mol. The van der Waals surface area contributed by atoms with Crippen molar-refractivity contribution < 1.29 is 5.11 Å². The Morgan fingerprint density at radius 2 is 1.75 bits per heavy atom. The molecule has 1 N–H and O–H groups in total. The van der Waals surface area contributed by atoms with Gasteiger partial charge in [-0.3, -0.25) is 0 Å². The van der Waals surface area contributed by atoms with Crippen LogP contribution in [0.25, 0.3) is 0 Å². The number of hydrogen-bond donors (Lipinski definition) is 1. The molecule has 0 fully saturated rings. The van der Waals surface area contributed by atoms with Crippen LogP contribution in [-0.2, 0) is 0 Å². The van der Waals surface area contributed by atoms with Gasteiger partial charge >= 0.3 is 0 Å². The Labute approximate surface area is 103 Å². The first-order chi connectivity index (χ1) is 7.63. The Balaban J connectivity index is 2.43. The Kier molecular flexibility index (Phi) is 5.93. The fourth-order valence-corrected chi connectivity index (χ4v) is 2.12. The van der Waals surface area contributed by atoms with Gasteiger partial charge in [0.2, 0.25) is 0 Å². The van der Waals surface area contributed by atoms with Gasteiger partial charge in [0.25, 0.3) is 0 Å². The van der Waals surface area contributed by atoms with Crippen LogP contribution in [0.3, 0.4) is 0 Å². The first kappa shape index (κ1) is 13.6. The second-order valence-electron chi connectivity index (χ2n) is 4.61. The van der Waals surface area contributed by atoms with E-state index < -0.39 is 0 Å². The summed E-state index contributed by atoms with van der Waals surface area (Å²) >= 11 is 1.73. The monoisotopic (exact) mass is 238 g/mol. The molecule has 1 atom stereocenters. The van der Waals surface area contributed by atoms with E-state index >= 15 is 0 Å². The van der Waals surface area contributed by atoms with E-state index in [0.29, 0.717) is 0 Å². The molecule has 2 heteroatoms. The molecule has 0 aromatic heterocycles. The number of aliphatic hydroxyl groups is 1. The van der Waals surface area contributed by atoms with Gasteiger partial charge in [-0.15, -0.1) is 11.8 Å². The maximum absolute atomic E-state index is 9.99. The normalized spacial score (nSPS) is 13.1. The SMILES string of the molecule is CSc1ccc(C(O)CCCC(C)C)cc1. The van der Waals surface area contributed by atoms with Crippen LogP contribution in [0.2, 0.25) is 0 Å². The van der Waals surface area contributed by atoms with Crippen molar-refractivity contribution in [1.82, 2.24) is 0 Å². The number of aliphatic hydroxyl groups excluding tert-OH is 1. The molecule has 0 heterocycles. The maximum atomic E-state index is 9.99. The highest BCUT2D eigenvalue weighted by molar-refractivity contribution is 7.98. The van der Waals surface area contributed by atoms with Gasteiger partial charge in [0.15, 0.2) is 0 Å². The number of benzene rings is 1. The number of hydrogen-bond acceptors (Lipinski definition) is 2. The highest BCUT2D eigenvalue weighted by atomic mass is 32.2. The Morgan fingerprint density at radius 3 is 2.25 bits per heavy atom. The molecule has 0 aliphatic rings. The molecule has 1 rings (SSSR count). The molecule has 0 bridgehead atoms. The zero-order valence-electron chi connectivity index (χ0n) is 10.4. The summed E-state index contributed by atoms with van der Waals surface area (Å²) in [5.41, 5.74) is 1.04. The largest absolute Gasteiger partial charge is 0.388 e.